The van der Waals surface area contributed by atoms with Gasteiger partial charge in [0.05, 0.1) is 13.2 Å². The normalized spacial score (nSPS) is 21.6. The molecule has 0 aromatic heterocycles. The fourth-order valence-electron chi connectivity index (χ4n) is 3.16. The summed E-state index contributed by atoms with van der Waals surface area (Å²) in [4.78, 5) is 0. The summed E-state index contributed by atoms with van der Waals surface area (Å²) in [6.07, 6.45) is 2.28. The number of hydrogen-bond donors (Lipinski definition) is 1. The van der Waals surface area contributed by atoms with Crippen LogP contribution in [0.25, 0.3) is 0 Å². The lowest BCUT2D eigenvalue weighted by atomic mass is 9.98. The standard InChI is InChI=1S/C21H27NO2/c1-3-7-20(22-21-15-23-14-16(21)2)17-10-12-19(13-11-17)24-18-8-5-4-6-9-18/h4-6,8-13,16,20-22H,3,7,14-15H2,1-2H3. The van der Waals surface area contributed by atoms with Gasteiger partial charge >= 0.3 is 0 Å². The van der Waals surface area contributed by atoms with Crippen LogP contribution in [-0.2, 0) is 4.74 Å². The summed E-state index contributed by atoms with van der Waals surface area (Å²) < 4.78 is 11.5. The van der Waals surface area contributed by atoms with E-state index >= 15 is 0 Å². The van der Waals surface area contributed by atoms with Gasteiger partial charge in [0.2, 0.25) is 0 Å². The lowest BCUT2D eigenvalue weighted by Gasteiger charge is -2.25. The molecule has 128 valence electrons. The third kappa shape index (κ3) is 4.37. The van der Waals surface area contributed by atoms with Crippen molar-refractivity contribution < 1.29 is 9.47 Å². The van der Waals surface area contributed by atoms with Gasteiger partial charge in [-0.2, -0.15) is 0 Å². The van der Waals surface area contributed by atoms with Crippen LogP contribution in [0.3, 0.4) is 0 Å². The Morgan fingerprint density at radius 1 is 1.04 bits per heavy atom. The Morgan fingerprint density at radius 3 is 2.38 bits per heavy atom. The first-order valence-corrected chi connectivity index (χ1v) is 8.93. The second-order valence-electron chi connectivity index (χ2n) is 6.61. The van der Waals surface area contributed by atoms with Crippen molar-refractivity contribution in [3.05, 3.63) is 60.2 Å². The quantitative estimate of drug-likeness (QED) is 0.782. The van der Waals surface area contributed by atoms with E-state index in [0.29, 0.717) is 18.0 Å². The molecule has 0 saturated carbocycles. The van der Waals surface area contributed by atoms with E-state index < -0.39 is 0 Å². The maximum absolute atomic E-state index is 5.88. The minimum atomic E-state index is 0.370. The zero-order valence-corrected chi connectivity index (χ0v) is 14.6. The lowest BCUT2D eigenvalue weighted by Crippen LogP contribution is -2.37. The molecule has 1 N–H and O–H groups in total. The Labute approximate surface area is 145 Å². The molecule has 1 saturated heterocycles. The van der Waals surface area contributed by atoms with Crippen LogP contribution in [0.1, 0.15) is 38.3 Å². The first kappa shape index (κ1) is 17.0. The molecular formula is C21H27NO2. The van der Waals surface area contributed by atoms with Crippen molar-refractivity contribution in [3.8, 4) is 11.5 Å². The molecule has 3 heteroatoms. The molecule has 3 rings (SSSR count). The number of hydrogen-bond acceptors (Lipinski definition) is 3. The lowest BCUT2D eigenvalue weighted by molar-refractivity contribution is 0.182. The van der Waals surface area contributed by atoms with E-state index in [1.165, 1.54) is 5.56 Å². The SMILES string of the molecule is CCCC(NC1COCC1C)c1ccc(Oc2ccccc2)cc1. The predicted molar refractivity (Wildman–Crippen MR) is 97.5 cm³/mol. The maximum Gasteiger partial charge on any atom is 0.127 e. The van der Waals surface area contributed by atoms with Crippen molar-refractivity contribution in [1.82, 2.24) is 5.32 Å². The Morgan fingerprint density at radius 2 is 1.75 bits per heavy atom. The highest BCUT2D eigenvalue weighted by molar-refractivity contribution is 5.34. The molecule has 0 radical (unpaired) electrons. The number of nitrogens with one attached hydrogen (secondary N) is 1. The largest absolute Gasteiger partial charge is 0.457 e. The number of rotatable bonds is 7. The van der Waals surface area contributed by atoms with Gasteiger partial charge in [0.25, 0.3) is 0 Å². The van der Waals surface area contributed by atoms with E-state index in [2.05, 4.69) is 43.4 Å². The van der Waals surface area contributed by atoms with Gasteiger partial charge in [-0.1, -0.05) is 50.6 Å². The summed E-state index contributed by atoms with van der Waals surface area (Å²) in [5.74, 6) is 2.31. The van der Waals surface area contributed by atoms with Crippen LogP contribution in [0.4, 0.5) is 0 Å². The van der Waals surface area contributed by atoms with E-state index in [0.717, 1.165) is 37.6 Å². The minimum Gasteiger partial charge on any atom is -0.457 e. The predicted octanol–water partition coefficient (Wildman–Crippen LogP) is 4.94. The second kappa shape index (κ2) is 8.32. The molecule has 24 heavy (non-hydrogen) atoms. The van der Waals surface area contributed by atoms with Crippen LogP contribution in [0.2, 0.25) is 0 Å². The average molecular weight is 325 g/mol. The van der Waals surface area contributed by atoms with Gasteiger partial charge in [0.1, 0.15) is 11.5 Å². The van der Waals surface area contributed by atoms with Crippen LogP contribution >= 0.6 is 0 Å². The molecule has 3 nitrogen and oxygen atoms in total. The summed E-state index contributed by atoms with van der Waals surface area (Å²) in [5.41, 5.74) is 1.32. The van der Waals surface area contributed by atoms with Crippen LogP contribution in [-0.4, -0.2) is 19.3 Å². The third-order valence-electron chi connectivity index (χ3n) is 4.62. The molecular weight excluding hydrogens is 298 g/mol. The Bertz CT molecular complexity index is 611. The van der Waals surface area contributed by atoms with E-state index in [1.807, 2.05) is 30.3 Å². The van der Waals surface area contributed by atoms with E-state index in [-0.39, 0.29) is 0 Å². The molecule has 1 aliphatic rings. The molecule has 0 spiro atoms. The van der Waals surface area contributed by atoms with Crippen molar-refractivity contribution in [2.45, 2.75) is 38.8 Å². The number of benzene rings is 2. The van der Waals surface area contributed by atoms with Crippen LogP contribution in [0, 0.1) is 5.92 Å². The molecule has 1 heterocycles. The third-order valence-corrected chi connectivity index (χ3v) is 4.62. The monoisotopic (exact) mass is 325 g/mol. The van der Waals surface area contributed by atoms with Gasteiger partial charge in [0, 0.05) is 12.1 Å². The van der Waals surface area contributed by atoms with Crippen molar-refractivity contribution >= 4 is 0 Å². The van der Waals surface area contributed by atoms with Crippen LogP contribution < -0.4 is 10.1 Å². The number of ether oxygens (including phenoxy) is 2. The molecule has 1 fully saturated rings. The highest BCUT2D eigenvalue weighted by Gasteiger charge is 2.26. The summed E-state index contributed by atoms with van der Waals surface area (Å²) in [6.45, 7) is 6.16. The van der Waals surface area contributed by atoms with Crippen molar-refractivity contribution in [2.24, 2.45) is 5.92 Å². The molecule has 0 bridgehead atoms. The van der Waals surface area contributed by atoms with Gasteiger partial charge in [-0.25, -0.2) is 0 Å². The van der Waals surface area contributed by atoms with E-state index in [1.54, 1.807) is 0 Å². The topological polar surface area (TPSA) is 30.5 Å². The fourth-order valence-corrected chi connectivity index (χ4v) is 3.16. The molecule has 2 aromatic carbocycles. The summed E-state index contributed by atoms with van der Waals surface area (Å²) >= 11 is 0. The summed E-state index contributed by atoms with van der Waals surface area (Å²) in [7, 11) is 0. The molecule has 1 aliphatic heterocycles. The van der Waals surface area contributed by atoms with Gasteiger partial charge < -0.3 is 14.8 Å². The van der Waals surface area contributed by atoms with Crippen LogP contribution in [0.15, 0.2) is 54.6 Å². The molecule has 0 aliphatic carbocycles. The zero-order chi connectivity index (χ0) is 16.8. The highest BCUT2D eigenvalue weighted by atomic mass is 16.5. The second-order valence-corrected chi connectivity index (χ2v) is 6.61. The molecule has 0 amide bonds. The van der Waals surface area contributed by atoms with Crippen LogP contribution in [0.5, 0.6) is 11.5 Å². The van der Waals surface area contributed by atoms with Crippen molar-refractivity contribution in [3.63, 3.8) is 0 Å². The molecule has 2 aromatic rings. The Kier molecular flexibility index (Phi) is 5.89. The van der Waals surface area contributed by atoms with Gasteiger partial charge in [0.15, 0.2) is 0 Å². The smallest absolute Gasteiger partial charge is 0.127 e. The first-order chi connectivity index (χ1) is 11.8. The molecule has 3 unspecified atom stereocenters. The van der Waals surface area contributed by atoms with E-state index in [9.17, 15) is 0 Å². The summed E-state index contributed by atoms with van der Waals surface area (Å²) in [6, 6.07) is 19.2. The fraction of sp³-hybridized carbons (Fsp3) is 0.429. The van der Waals surface area contributed by atoms with E-state index in [4.69, 9.17) is 9.47 Å². The average Bonchev–Trinajstić information content (AvgIpc) is 3.01. The first-order valence-electron chi connectivity index (χ1n) is 8.93. The van der Waals surface area contributed by atoms with Gasteiger partial charge in [-0.05, 0) is 42.2 Å². The zero-order valence-electron chi connectivity index (χ0n) is 14.6. The Balaban J connectivity index is 1.67. The van der Waals surface area contributed by atoms with Crippen molar-refractivity contribution in [1.29, 1.82) is 0 Å². The minimum absolute atomic E-state index is 0.370. The molecule has 3 atom stereocenters. The van der Waals surface area contributed by atoms with Gasteiger partial charge in [-0.3, -0.25) is 0 Å². The van der Waals surface area contributed by atoms with Gasteiger partial charge in [-0.15, -0.1) is 0 Å². The number of para-hydroxylation sites is 1. The Hall–Kier alpha value is -1.84. The maximum atomic E-state index is 5.88. The highest BCUT2D eigenvalue weighted by Crippen LogP contribution is 2.26. The summed E-state index contributed by atoms with van der Waals surface area (Å²) in [5, 5.41) is 3.79. The van der Waals surface area contributed by atoms with Crippen molar-refractivity contribution in [2.75, 3.05) is 13.2 Å².